The van der Waals surface area contributed by atoms with E-state index in [1.54, 1.807) is 24.4 Å². The third-order valence-electron chi connectivity index (χ3n) is 4.46. The number of hydrogen-bond acceptors (Lipinski definition) is 4. The van der Waals surface area contributed by atoms with Crippen molar-refractivity contribution in [2.24, 2.45) is 0 Å². The lowest BCUT2D eigenvalue weighted by atomic mass is 10.1. The number of rotatable bonds is 3. The summed E-state index contributed by atoms with van der Waals surface area (Å²) in [5, 5.41) is 1.13. The van der Waals surface area contributed by atoms with Crippen LogP contribution in [-0.4, -0.2) is 26.4 Å². The van der Waals surface area contributed by atoms with Crippen molar-refractivity contribution in [3.8, 4) is 11.4 Å². The van der Waals surface area contributed by atoms with Gasteiger partial charge in [-0.1, -0.05) is 29.3 Å². The standard InChI is InChI=1S/C19H16Cl2N4O/c20-14-4-2-13(3-5-14)18-23-16-7-8-25(11-15(16)19(26)24-18)10-12-1-6-17(21)22-9-12/h1-6,9H,7-8,10-11H2,(H,23,24,26). The van der Waals surface area contributed by atoms with Gasteiger partial charge in [-0.3, -0.25) is 9.69 Å². The van der Waals surface area contributed by atoms with E-state index in [1.807, 2.05) is 18.2 Å². The molecule has 2 aromatic heterocycles. The van der Waals surface area contributed by atoms with E-state index in [-0.39, 0.29) is 5.56 Å². The van der Waals surface area contributed by atoms with E-state index in [0.717, 1.165) is 41.9 Å². The average Bonchev–Trinajstić information content (AvgIpc) is 2.64. The zero-order chi connectivity index (χ0) is 18.1. The molecular weight excluding hydrogens is 371 g/mol. The predicted molar refractivity (Wildman–Crippen MR) is 102 cm³/mol. The first-order chi connectivity index (χ1) is 12.6. The zero-order valence-electron chi connectivity index (χ0n) is 13.9. The van der Waals surface area contributed by atoms with Crippen LogP contribution in [0.5, 0.6) is 0 Å². The summed E-state index contributed by atoms with van der Waals surface area (Å²) in [7, 11) is 0. The number of pyridine rings is 1. The van der Waals surface area contributed by atoms with Crippen LogP contribution in [0.15, 0.2) is 47.4 Å². The molecule has 0 bridgehead atoms. The van der Waals surface area contributed by atoms with Crippen molar-refractivity contribution in [3.05, 3.63) is 79.9 Å². The van der Waals surface area contributed by atoms with Crippen molar-refractivity contribution >= 4 is 23.2 Å². The van der Waals surface area contributed by atoms with Gasteiger partial charge in [-0.05, 0) is 35.9 Å². The Morgan fingerprint density at radius 2 is 1.92 bits per heavy atom. The lowest BCUT2D eigenvalue weighted by Gasteiger charge is -2.27. The quantitative estimate of drug-likeness (QED) is 0.697. The first kappa shape index (κ1) is 17.2. The van der Waals surface area contributed by atoms with Crippen molar-refractivity contribution in [1.29, 1.82) is 0 Å². The van der Waals surface area contributed by atoms with E-state index in [4.69, 9.17) is 23.2 Å². The number of aromatic amines is 1. The third kappa shape index (κ3) is 3.65. The fraction of sp³-hybridized carbons (Fsp3) is 0.211. The number of halogens is 2. The van der Waals surface area contributed by atoms with Gasteiger partial charge < -0.3 is 4.98 Å². The van der Waals surface area contributed by atoms with Gasteiger partial charge in [0.05, 0.1) is 11.3 Å². The number of H-pyrrole nitrogens is 1. The Kier molecular flexibility index (Phi) is 4.76. The number of benzene rings is 1. The minimum Gasteiger partial charge on any atom is -0.306 e. The molecular formula is C19H16Cl2N4O. The zero-order valence-corrected chi connectivity index (χ0v) is 15.4. The van der Waals surface area contributed by atoms with Gasteiger partial charge in [0.1, 0.15) is 11.0 Å². The largest absolute Gasteiger partial charge is 0.306 e. The summed E-state index contributed by atoms with van der Waals surface area (Å²) in [6.07, 6.45) is 2.50. The Hall–Kier alpha value is -2.21. The Balaban J connectivity index is 1.57. The van der Waals surface area contributed by atoms with Gasteiger partial charge in [0.15, 0.2) is 0 Å². The monoisotopic (exact) mass is 386 g/mol. The third-order valence-corrected chi connectivity index (χ3v) is 4.94. The fourth-order valence-corrected chi connectivity index (χ4v) is 3.36. The van der Waals surface area contributed by atoms with Crippen molar-refractivity contribution in [1.82, 2.24) is 19.9 Å². The predicted octanol–water partition coefficient (Wildman–Crippen LogP) is 3.70. The number of hydrogen-bond donors (Lipinski definition) is 1. The number of fused-ring (bicyclic) bond motifs is 1. The molecule has 0 radical (unpaired) electrons. The topological polar surface area (TPSA) is 61.9 Å². The van der Waals surface area contributed by atoms with Crippen LogP contribution in [0.2, 0.25) is 10.2 Å². The van der Waals surface area contributed by atoms with E-state index in [0.29, 0.717) is 22.5 Å². The van der Waals surface area contributed by atoms with Gasteiger partial charge in [-0.25, -0.2) is 9.97 Å². The molecule has 0 amide bonds. The van der Waals surface area contributed by atoms with Crippen LogP contribution < -0.4 is 5.56 Å². The van der Waals surface area contributed by atoms with Gasteiger partial charge in [-0.2, -0.15) is 0 Å². The average molecular weight is 387 g/mol. The highest BCUT2D eigenvalue weighted by atomic mass is 35.5. The minimum atomic E-state index is -0.0844. The fourth-order valence-electron chi connectivity index (χ4n) is 3.12. The smallest absolute Gasteiger partial charge is 0.255 e. The summed E-state index contributed by atoms with van der Waals surface area (Å²) in [6.45, 7) is 2.13. The van der Waals surface area contributed by atoms with E-state index in [2.05, 4.69) is 19.9 Å². The Bertz CT molecular complexity index is 984. The van der Waals surface area contributed by atoms with Crippen molar-refractivity contribution in [3.63, 3.8) is 0 Å². The van der Waals surface area contributed by atoms with Crippen LogP contribution >= 0.6 is 23.2 Å². The maximum absolute atomic E-state index is 12.6. The lowest BCUT2D eigenvalue weighted by Crippen LogP contribution is -2.35. The molecule has 0 unspecified atom stereocenters. The molecule has 3 aromatic rings. The molecule has 5 nitrogen and oxygen atoms in total. The molecule has 1 aliphatic rings. The normalized spacial score (nSPS) is 14.2. The molecule has 0 saturated carbocycles. The summed E-state index contributed by atoms with van der Waals surface area (Å²) in [6, 6.07) is 11.0. The summed E-state index contributed by atoms with van der Waals surface area (Å²) < 4.78 is 0. The molecule has 0 atom stereocenters. The molecule has 4 rings (SSSR count). The van der Waals surface area contributed by atoms with Crippen LogP contribution in [0.3, 0.4) is 0 Å². The second-order valence-corrected chi connectivity index (χ2v) is 7.12. The first-order valence-electron chi connectivity index (χ1n) is 8.29. The second kappa shape index (κ2) is 7.19. The minimum absolute atomic E-state index is 0.0844. The van der Waals surface area contributed by atoms with Crippen molar-refractivity contribution in [2.75, 3.05) is 6.54 Å². The van der Waals surface area contributed by atoms with Crippen LogP contribution in [0.25, 0.3) is 11.4 Å². The van der Waals surface area contributed by atoms with E-state index in [9.17, 15) is 4.79 Å². The molecule has 0 fully saturated rings. The Labute approximate surface area is 160 Å². The lowest BCUT2D eigenvalue weighted by molar-refractivity contribution is 0.241. The summed E-state index contributed by atoms with van der Waals surface area (Å²) in [5.74, 6) is 0.584. The molecule has 0 aliphatic carbocycles. The number of nitrogens with zero attached hydrogens (tertiary/aromatic N) is 3. The number of nitrogens with one attached hydrogen (secondary N) is 1. The van der Waals surface area contributed by atoms with E-state index < -0.39 is 0 Å². The van der Waals surface area contributed by atoms with Crippen LogP contribution in [0, 0.1) is 0 Å². The molecule has 0 spiro atoms. The van der Waals surface area contributed by atoms with E-state index >= 15 is 0 Å². The van der Waals surface area contributed by atoms with Crippen LogP contribution in [0.4, 0.5) is 0 Å². The van der Waals surface area contributed by atoms with Crippen LogP contribution in [-0.2, 0) is 19.5 Å². The second-order valence-electron chi connectivity index (χ2n) is 6.30. The summed E-state index contributed by atoms with van der Waals surface area (Å²) in [5.41, 5.74) is 3.43. The van der Waals surface area contributed by atoms with Gasteiger partial charge in [0.2, 0.25) is 0 Å². The van der Waals surface area contributed by atoms with Crippen molar-refractivity contribution in [2.45, 2.75) is 19.5 Å². The molecule has 0 saturated heterocycles. The summed E-state index contributed by atoms with van der Waals surface area (Å²) >= 11 is 11.8. The maximum atomic E-state index is 12.6. The molecule has 7 heteroatoms. The van der Waals surface area contributed by atoms with Crippen molar-refractivity contribution < 1.29 is 0 Å². The van der Waals surface area contributed by atoms with Gasteiger partial charge in [0, 0.05) is 42.8 Å². The highest BCUT2D eigenvalue weighted by Gasteiger charge is 2.21. The SMILES string of the molecule is O=c1[nH]c(-c2ccc(Cl)cc2)nc2c1CN(Cc1ccc(Cl)nc1)CC2. The maximum Gasteiger partial charge on any atom is 0.255 e. The highest BCUT2D eigenvalue weighted by Crippen LogP contribution is 2.21. The molecule has 1 aliphatic heterocycles. The molecule has 1 aromatic carbocycles. The van der Waals surface area contributed by atoms with Crippen LogP contribution in [0.1, 0.15) is 16.8 Å². The Morgan fingerprint density at radius 3 is 2.65 bits per heavy atom. The van der Waals surface area contributed by atoms with Gasteiger partial charge >= 0.3 is 0 Å². The molecule has 1 N–H and O–H groups in total. The molecule has 3 heterocycles. The highest BCUT2D eigenvalue weighted by molar-refractivity contribution is 6.30. The van der Waals surface area contributed by atoms with Gasteiger partial charge in [-0.15, -0.1) is 0 Å². The molecule has 26 heavy (non-hydrogen) atoms. The Morgan fingerprint density at radius 1 is 1.12 bits per heavy atom. The number of aromatic nitrogens is 3. The van der Waals surface area contributed by atoms with E-state index in [1.165, 1.54) is 0 Å². The summed E-state index contributed by atoms with van der Waals surface area (Å²) in [4.78, 5) is 26.5. The first-order valence-corrected chi connectivity index (χ1v) is 9.05. The van der Waals surface area contributed by atoms with Gasteiger partial charge in [0.25, 0.3) is 5.56 Å². The molecule has 132 valence electrons.